The maximum absolute atomic E-state index is 11.4. The predicted molar refractivity (Wildman–Crippen MR) is 76.7 cm³/mol. The first-order valence-electron chi connectivity index (χ1n) is 6.35. The van der Waals surface area contributed by atoms with Gasteiger partial charge >= 0.3 is 5.97 Å². The molecule has 1 fully saturated rings. The number of hydrogen-bond acceptors (Lipinski definition) is 3. The van der Waals surface area contributed by atoms with Gasteiger partial charge in [0.25, 0.3) is 0 Å². The normalized spacial score (nSPS) is 23.5. The van der Waals surface area contributed by atoms with E-state index in [4.69, 9.17) is 4.74 Å². The van der Waals surface area contributed by atoms with Crippen molar-refractivity contribution in [3.05, 3.63) is 28.2 Å². The average molecular weight is 328 g/mol. The molecule has 104 valence electrons. The molecule has 0 bridgehead atoms. The molecule has 1 aromatic carbocycles. The molecule has 2 rings (SSSR count). The minimum absolute atomic E-state index is 0.00178. The van der Waals surface area contributed by atoms with Gasteiger partial charge in [0.2, 0.25) is 0 Å². The molecule has 4 nitrogen and oxygen atoms in total. The highest BCUT2D eigenvalue weighted by Gasteiger charge is 2.38. The molecule has 0 amide bonds. The molecule has 0 spiro atoms. The van der Waals surface area contributed by atoms with Gasteiger partial charge in [-0.05, 0) is 30.3 Å². The van der Waals surface area contributed by atoms with Crippen molar-refractivity contribution in [2.75, 3.05) is 26.7 Å². The Balaban J connectivity index is 2.35. The van der Waals surface area contributed by atoms with Crippen LogP contribution in [0.5, 0.6) is 5.75 Å². The zero-order chi connectivity index (χ0) is 14.0. The number of ether oxygens (including phenoxy) is 1. The summed E-state index contributed by atoms with van der Waals surface area (Å²) in [6.45, 7) is 4.32. The number of carbonyl (C=O) groups is 1. The molecule has 2 unspecified atom stereocenters. The lowest BCUT2D eigenvalue weighted by molar-refractivity contribution is -0.141. The maximum Gasteiger partial charge on any atom is 0.308 e. The van der Waals surface area contributed by atoms with Gasteiger partial charge < -0.3 is 14.7 Å². The second kappa shape index (κ2) is 5.92. The molecule has 1 N–H and O–H groups in total. The van der Waals surface area contributed by atoms with Crippen LogP contribution >= 0.6 is 15.9 Å². The van der Waals surface area contributed by atoms with Crippen LogP contribution in [0.2, 0.25) is 0 Å². The smallest absolute Gasteiger partial charge is 0.308 e. The minimum atomic E-state index is -0.726. The summed E-state index contributed by atoms with van der Waals surface area (Å²) in [5, 5.41) is 9.40. The number of hydrogen-bond donors (Lipinski definition) is 1. The molecule has 1 aliphatic rings. The first kappa shape index (κ1) is 14.3. The molecule has 19 heavy (non-hydrogen) atoms. The predicted octanol–water partition coefficient (Wildman–Crippen LogP) is 2.58. The fourth-order valence-corrected chi connectivity index (χ4v) is 3.18. The summed E-state index contributed by atoms with van der Waals surface area (Å²) >= 11 is 3.52. The third-order valence-electron chi connectivity index (χ3n) is 3.76. The van der Waals surface area contributed by atoms with Crippen LogP contribution in [-0.4, -0.2) is 42.7 Å². The standard InChI is InChI=1S/C14H18BrNO3/c1-3-16-7-11(12(8-16)14(17)18)10-6-9(19-2)4-5-13(10)15/h4-6,11-12H,3,7-8H2,1-2H3,(H,17,18). The van der Waals surface area contributed by atoms with Crippen LogP contribution in [0.15, 0.2) is 22.7 Å². The molecule has 5 heteroatoms. The Morgan fingerprint density at radius 3 is 2.84 bits per heavy atom. The van der Waals surface area contributed by atoms with Crippen LogP contribution in [0.25, 0.3) is 0 Å². The summed E-state index contributed by atoms with van der Waals surface area (Å²) in [7, 11) is 1.62. The highest BCUT2D eigenvalue weighted by Crippen LogP contribution is 2.38. The van der Waals surface area contributed by atoms with Gasteiger partial charge in [-0.1, -0.05) is 22.9 Å². The second-order valence-corrected chi connectivity index (χ2v) is 5.65. The number of likely N-dealkylation sites (tertiary alicyclic amines) is 1. The second-order valence-electron chi connectivity index (χ2n) is 4.79. The molecule has 0 aromatic heterocycles. The van der Waals surface area contributed by atoms with Crippen molar-refractivity contribution in [1.82, 2.24) is 4.90 Å². The van der Waals surface area contributed by atoms with Crippen molar-refractivity contribution in [1.29, 1.82) is 0 Å². The van der Waals surface area contributed by atoms with Crippen LogP contribution in [0.1, 0.15) is 18.4 Å². The van der Waals surface area contributed by atoms with E-state index in [9.17, 15) is 9.90 Å². The Labute approximate surface area is 121 Å². The summed E-state index contributed by atoms with van der Waals surface area (Å²) in [4.78, 5) is 13.6. The van der Waals surface area contributed by atoms with E-state index in [1.165, 1.54) is 0 Å². The van der Waals surface area contributed by atoms with Crippen molar-refractivity contribution in [3.63, 3.8) is 0 Å². The van der Waals surface area contributed by atoms with Gasteiger partial charge in [0, 0.05) is 23.5 Å². The monoisotopic (exact) mass is 327 g/mol. The van der Waals surface area contributed by atoms with E-state index in [1.54, 1.807) is 7.11 Å². The summed E-state index contributed by atoms with van der Waals surface area (Å²) in [5.74, 6) is -0.321. The Bertz CT molecular complexity index is 478. The van der Waals surface area contributed by atoms with Crippen molar-refractivity contribution in [3.8, 4) is 5.75 Å². The number of carboxylic acid groups (broad SMARTS) is 1. The Hall–Kier alpha value is -1.07. The lowest BCUT2D eigenvalue weighted by Gasteiger charge is -2.18. The number of methoxy groups -OCH3 is 1. The largest absolute Gasteiger partial charge is 0.497 e. The van der Waals surface area contributed by atoms with Crippen LogP contribution in [-0.2, 0) is 4.79 Å². The molecule has 2 atom stereocenters. The van der Waals surface area contributed by atoms with E-state index < -0.39 is 5.97 Å². The van der Waals surface area contributed by atoms with Gasteiger partial charge in [0.1, 0.15) is 5.75 Å². The van der Waals surface area contributed by atoms with Gasteiger partial charge in [-0.3, -0.25) is 4.79 Å². The quantitative estimate of drug-likeness (QED) is 0.923. The van der Waals surface area contributed by atoms with E-state index >= 15 is 0 Å². The highest BCUT2D eigenvalue weighted by atomic mass is 79.9. The molecular weight excluding hydrogens is 310 g/mol. The van der Waals surface area contributed by atoms with Gasteiger partial charge in [0.15, 0.2) is 0 Å². The summed E-state index contributed by atoms with van der Waals surface area (Å²) in [5.41, 5.74) is 1.02. The third kappa shape index (κ3) is 2.92. The Morgan fingerprint density at radius 1 is 1.53 bits per heavy atom. The van der Waals surface area contributed by atoms with E-state index in [0.29, 0.717) is 6.54 Å². The number of likely N-dealkylation sites (N-methyl/N-ethyl adjacent to an activating group) is 1. The van der Waals surface area contributed by atoms with Gasteiger partial charge in [-0.15, -0.1) is 0 Å². The van der Waals surface area contributed by atoms with Crippen molar-refractivity contribution in [2.24, 2.45) is 5.92 Å². The molecule has 1 aliphatic heterocycles. The number of carboxylic acids is 1. The first-order valence-corrected chi connectivity index (χ1v) is 7.14. The number of nitrogens with zero attached hydrogens (tertiary/aromatic N) is 1. The molecule has 1 heterocycles. The van der Waals surface area contributed by atoms with Crippen molar-refractivity contribution < 1.29 is 14.6 Å². The molecular formula is C14H18BrNO3. The summed E-state index contributed by atoms with van der Waals surface area (Å²) < 4.78 is 6.18. The van der Waals surface area contributed by atoms with E-state index in [2.05, 4.69) is 27.8 Å². The number of halogens is 1. The lowest BCUT2D eigenvalue weighted by Crippen LogP contribution is -2.23. The first-order chi connectivity index (χ1) is 9.06. The van der Waals surface area contributed by atoms with Gasteiger partial charge in [-0.25, -0.2) is 0 Å². The van der Waals surface area contributed by atoms with E-state index in [1.807, 2.05) is 18.2 Å². The summed E-state index contributed by atoms with van der Waals surface area (Å²) in [6.07, 6.45) is 0. The molecule has 0 aliphatic carbocycles. The number of rotatable bonds is 4. The highest BCUT2D eigenvalue weighted by molar-refractivity contribution is 9.10. The van der Waals surface area contributed by atoms with Gasteiger partial charge in [-0.2, -0.15) is 0 Å². The van der Waals surface area contributed by atoms with Crippen LogP contribution in [0, 0.1) is 5.92 Å². The third-order valence-corrected chi connectivity index (χ3v) is 4.48. The lowest BCUT2D eigenvalue weighted by atomic mass is 9.89. The Morgan fingerprint density at radius 2 is 2.26 bits per heavy atom. The SMILES string of the molecule is CCN1CC(C(=O)O)C(c2cc(OC)ccc2Br)C1. The average Bonchev–Trinajstić information content (AvgIpc) is 2.83. The van der Waals surface area contributed by atoms with E-state index in [-0.39, 0.29) is 11.8 Å². The molecule has 1 saturated heterocycles. The van der Waals surface area contributed by atoms with Crippen LogP contribution in [0.4, 0.5) is 0 Å². The number of benzene rings is 1. The zero-order valence-electron chi connectivity index (χ0n) is 11.1. The number of aliphatic carboxylic acids is 1. The molecule has 0 saturated carbocycles. The fourth-order valence-electron chi connectivity index (χ4n) is 2.64. The van der Waals surface area contributed by atoms with E-state index in [0.717, 1.165) is 28.9 Å². The minimum Gasteiger partial charge on any atom is -0.497 e. The molecule has 0 radical (unpaired) electrons. The van der Waals surface area contributed by atoms with Gasteiger partial charge in [0.05, 0.1) is 13.0 Å². The molecule has 1 aromatic rings. The van der Waals surface area contributed by atoms with Crippen LogP contribution < -0.4 is 4.74 Å². The summed E-state index contributed by atoms with van der Waals surface area (Å²) in [6, 6.07) is 5.72. The van der Waals surface area contributed by atoms with Crippen molar-refractivity contribution >= 4 is 21.9 Å². The van der Waals surface area contributed by atoms with Crippen LogP contribution in [0.3, 0.4) is 0 Å². The maximum atomic E-state index is 11.4. The zero-order valence-corrected chi connectivity index (χ0v) is 12.7. The topological polar surface area (TPSA) is 49.8 Å². The fraction of sp³-hybridized carbons (Fsp3) is 0.500. The Kier molecular flexibility index (Phi) is 4.47. The van der Waals surface area contributed by atoms with Crippen molar-refractivity contribution in [2.45, 2.75) is 12.8 Å².